The van der Waals surface area contributed by atoms with Crippen molar-refractivity contribution in [2.75, 3.05) is 5.32 Å². The van der Waals surface area contributed by atoms with Gasteiger partial charge in [-0.05, 0) is 56.2 Å². The third-order valence-electron chi connectivity index (χ3n) is 4.41. The van der Waals surface area contributed by atoms with E-state index in [9.17, 15) is 13.2 Å². The Morgan fingerprint density at radius 3 is 2.16 bits per heavy atom. The first-order valence-electron chi connectivity index (χ1n) is 8.44. The zero-order valence-electron chi connectivity index (χ0n) is 14.2. The second-order valence-electron chi connectivity index (χ2n) is 6.45. The fraction of sp³-hybridized carbons (Fsp3) is 0.316. The minimum atomic E-state index is -3.53. The van der Waals surface area contributed by atoms with Gasteiger partial charge in [0.1, 0.15) is 0 Å². The summed E-state index contributed by atoms with van der Waals surface area (Å²) in [5, 5.41) is 2.80. The van der Waals surface area contributed by atoms with E-state index in [0.717, 1.165) is 31.2 Å². The third kappa shape index (κ3) is 4.46. The smallest absolute Gasteiger partial charge is 0.255 e. The van der Waals surface area contributed by atoms with E-state index < -0.39 is 10.0 Å². The molecule has 1 amide bonds. The lowest BCUT2D eigenvalue weighted by molar-refractivity contribution is 0.102. The van der Waals surface area contributed by atoms with Crippen molar-refractivity contribution < 1.29 is 13.2 Å². The van der Waals surface area contributed by atoms with Crippen LogP contribution in [0.1, 0.15) is 41.6 Å². The Balaban J connectivity index is 1.68. The number of amides is 1. The fourth-order valence-corrected chi connectivity index (χ4v) is 4.26. The Hall–Kier alpha value is -2.18. The van der Waals surface area contributed by atoms with Gasteiger partial charge < -0.3 is 5.32 Å². The topological polar surface area (TPSA) is 75.3 Å². The molecule has 0 bridgehead atoms. The van der Waals surface area contributed by atoms with Crippen LogP contribution in [0.25, 0.3) is 0 Å². The number of benzene rings is 2. The Bertz CT molecular complexity index is 837. The summed E-state index contributed by atoms with van der Waals surface area (Å²) in [7, 11) is -3.53. The quantitative estimate of drug-likeness (QED) is 0.859. The number of carbonyl (C=O) groups is 1. The molecule has 0 atom stereocenters. The van der Waals surface area contributed by atoms with Gasteiger partial charge in [0.15, 0.2) is 0 Å². The minimum Gasteiger partial charge on any atom is -0.322 e. The maximum absolute atomic E-state index is 12.4. The molecule has 1 fully saturated rings. The van der Waals surface area contributed by atoms with Gasteiger partial charge in [-0.2, -0.15) is 0 Å². The van der Waals surface area contributed by atoms with Crippen LogP contribution in [0.15, 0.2) is 53.4 Å². The Morgan fingerprint density at radius 1 is 0.960 bits per heavy atom. The average molecular weight is 358 g/mol. The Kier molecular flexibility index (Phi) is 5.20. The van der Waals surface area contributed by atoms with Gasteiger partial charge >= 0.3 is 0 Å². The highest BCUT2D eigenvalue weighted by molar-refractivity contribution is 7.89. The van der Waals surface area contributed by atoms with Crippen molar-refractivity contribution in [3.8, 4) is 0 Å². The zero-order chi connectivity index (χ0) is 17.9. The summed E-state index contributed by atoms with van der Waals surface area (Å²) >= 11 is 0. The standard InChI is InChI=1S/C19H22N2O3S/c1-14-6-10-16(11-7-14)20-19(22)15-8-12-18(13-9-15)25(23,24)21-17-4-2-3-5-17/h6-13,17,21H,2-5H2,1H3,(H,20,22). The van der Waals surface area contributed by atoms with Gasteiger partial charge in [0.2, 0.25) is 10.0 Å². The highest BCUT2D eigenvalue weighted by Gasteiger charge is 2.23. The molecule has 2 aromatic rings. The zero-order valence-corrected chi connectivity index (χ0v) is 15.0. The number of anilines is 1. The summed E-state index contributed by atoms with van der Waals surface area (Å²) in [4.78, 5) is 12.4. The van der Waals surface area contributed by atoms with Crippen LogP contribution in [0.5, 0.6) is 0 Å². The van der Waals surface area contributed by atoms with Crippen molar-refractivity contribution in [3.05, 3.63) is 59.7 Å². The van der Waals surface area contributed by atoms with Crippen molar-refractivity contribution in [1.29, 1.82) is 0 Å². The summed E-state index contributed by atoms with van der Waals surface area (Å²) in [6.07, 6.45) is 3.89. The van der Waals surface area contributed by atoms with Crippen LogP contribution < -0.4 is 10.0 Å². The molecule has 0 spiro atoms. The van der Waals surface area contributed by atoms with Gasteiger partial charge in [0.25, 0.3) is 5.91 Å². The highest BCUT2D eigenvalue weighted by atomic mass is 32.2. The first kappa shape index (κ1) is 17.6. The monoisotopic (exact) mass is 358 g/mol. The Labute approximate surface area is 148 Å². The van der Waals surface area contributed by atoms with Crippen molar-refractivity contribution in [1.82, 2.24) is 4.72 Å². The molecule has 1 saturated carbocycles. The molecule has 0 aliphatic heterocycles. The van der Waals surface area contributed by atoms with Gasteiger partial charge in [0, 0.05) is 17.3 Å². The van der Waals surface area contributed by atoms with E-state index in [1.165, 1.54) is 24.3 Å². The predicted octanol–water partition coefficient (Wildman–Crippen LogP) is 3.47. The molecule has 0 aromatic heterocycles. The van der Waals surface area contributed by atoms with Gasteiger partial charge in [0.05, 0.1) is 4.90 Å². The first-order valence-corrected chi connectivity index (χ1v) is 9.93. The molecule has 3 rings (SSSR count). The van der Waals surface area contributed by atoms with Crippen LogP contribution in [-0.4, -0.2) is 20.4 Å². The lowest BCUT2D eigenvalue weighted by Crippen LogP contribution is -2.32. The number of sulfonamides is 1. The third-order valence-corrected chi connectivity index (χ3v) is 5.95. The van der Waals surface area contributed by atoms with Crippen LogP contribution in [0, 0.1) is 6.92 Å². The van der Waals surface area contributed by atoms with Crippen LogP contribution in [0.4, 0.5) is 5.69 Å². The molecular formula is C19H22N2O3S. The largest absolute Gasteiger partial charge is 0.322 e. The van der Waals surface area contributed by atoms with Crippen molar-refractivity contribution in [2.45, 2.75) is 43.5 Å². The molecule has 0 heterocycles. The summed E-state index contributed by atoms with van der Waals surface area (Å²) < 4.78 is 27.5. The van der Waals surface area contributed by atoms with Crippen LogP contribution in [-0.2, 0) is 10.0 Å². The van der Waals surface area contributed by atoms with Gasteiger partial charge in [-0.3, -0.25) is 4.79 Å². The number of nitrogens with one attached hydrogen (secondary N) is 2. The normalized spacial score (nSPS) is 15.2. The second kappa shape index (κ2) is 7.37. The molecule has 6 heteroatoms. The van der Waals surface area contributed by atoms with Crippen molar-refractivity contribution in [2.24, 2.45) is 0 Å². The molecule has 25 heavy (non-hydrogen) atoms. The van der Waals surface area contributed by atoms with Crippen molar-refractivity contribution in [3.63, 3.8) is 0 Å². The summed E-state index contributed by atoms with van der Waals surface area (Å²) in [6, 6.07) is 13.5. The number of aryl methyl sites for hydroxylation is 1. The fourth-order valence-electron chi connectivity index (χ4n) is 2.96. The summed E-state index contributed by atoms with van der Waals surface area (Å²) in [5.74, 6) is -0.267. The maximum atomic E-state index is 12.4. The number of carbonyl (C=O) groups excluding carboxylic acids is 1. The number of hydrogen-bond donors (Lipinski definition) is 2. The summed E-state index contributed by atoms with van der Waals surface area (Å²) in [6.45, 7) is 1.98. The molecule has 0 saturated heterocycles. The number of hydrogen-bond acceptors (Lipinski definition) is 3. The maximum Gasteiger partial charge on any atom is 0.255 e. The van der Waals surface area contributed by atoms with Gasteiger partial charge in [-0.15, -0.1) is 0 Å². The molecular weight excluding hydrogens is 336 g/mol. The molecule has 2 N–H and O–H groups in total. The lowest BCUT2D eigenvalue weighted by Gasteiger charge is -2.13. The number of rotatable bonds is 5. The van der Waals surface area contributed by atoms with E-state index in [4.69, 9.17) is 0 Å². The molecule has 132 valence electrons. The molecule has 0 radical (unpaired) electrons. The van der Waals surface area contributed by atoms with Gasteiger partial charge in [-0.25, -0.2) is 13.1 Å². The highest BCUT2D eigenvalue weighted by Crippen LogP contribution is 2.21. The minimum absolute atomic E-state index is 0.0227. The average Bonchev–Trinajstić information content (AvgIpc) is 3.09. The van der Waals surface area contributed by atoms with E-state index in [2.05, 4.69) is 10.0 Å². The van der Waals surface area contributed by atoms with Crippen LogP contribution in [0.3, 0.4) is 0 Å². The van der Waals surface area contributed by atoms with Crippen LogP contribution in [0.2, 0.25) is 0 Å². The molecule has 0 unspecified atom stereocenters. The van der Waals surface area contributed by atoms with E-state index >= 15 is 0 Å². The molecule has 1 aliphatic carbocycles. The first-order chi connectivity index (χ1) is 11.9. The van der Waals surface area contributed by atoms with Crippen LogP contribution >= 0.6 is 0 Å². The van der Waals surface area contributed by atoms with E-state index in [1.807, 2.05) is 31.2 Å². The van der Waals surface area contributed by atoms with E-state index in [-0.39, 0.29) is 16.8 Å². The molecule has 2 aromatic carbocycles. The SMILES string of the molecule is Cc1ccc(NC(=O)c2ccc(S(=O)(=O)NC3CCCC3)cc2)cc1. The van der Waals surface area contributed by atoms with Gasteiger partial charge in [-0.1, -0.05) is 30.5 Å². The predicted molar refractivity (Wildman–Crippen MR) is 98.2 cm³/mol. The van der Waals surface area contributed by atoms with E-state index in [0.29, 0.717) is 11.3 Å². The summed E-state index contributed by atoms with van der Waals surface area (Å²) in [5.41, 5.74) is 2.23. The van der Waals surface area contributed by atoms with E-state index in [1.54, 1.807) is 0 Å². The van der Waals surface area contributed by atoms with Crippen molar-refractivity contribution >= 4 is 21.6 Å². The molecule has 1 aliphatic rings. The lowest BCUT2D eigenvalue weighted by atomic mass is 10.2. The molecule has 5 nitrogen and oxygen atoms in total. The Morgan fingerprint density at radius 2 is 1.56 bits per heavy atom. The second-order valence-corrected chi connectivity index (χ2v) is 8.16.